The van der Waals surface area contributed by atoms with Gasteiger partial charge in [-0.2, -0.15) is 0 Å². The van der Waals surface area contributed by atoms with E-state index in [4.69, 9.17) is 11.6 Å². The average Bonchev–Trinajstić information content (AvgIpc) is 2.90. The molecule has 0 saturated carbocycles. The van der Waals surface area contributed by atoms with Gasteiger partial charge in [0.2, 0.25) is 0 Å². The molecule has 4 heteroatoms. The molecule has 0 atom stereocenters. The molecule has 21 heavy (non-hydrogen) atoms. The van der Waals surface area contributed by atoms with Crippen molar-refractivity contribution in [3.63, 3.8) is 0 Å². The Kier molecular flexibility index (Phi) is 3.67. The Bertz CT molecular complexity index is 790. The Morgan fingerprint density at radius 2 is 1.86 bits per heavy atom. The van der Waals surface area contributed by atoms with Crippen molar-refractivity contribution in [1.82, 2.24) is 4.57 Å². The summed E-state index contributed by atoms with van der Waals surface area (Å²) in [7, 11) is 0. The second kappa shape index (κ2) is 5.62. The smallest absolute Gasteiger partial charge is 0.337 e. The van der Waals surface area contributed by atoms with Gasteiger partial charge in [0, 0.05) is 23.2 Å². The lowest BCUT2D eigenvalue weighted by Crippen LogP contribution is -2.05. The SMILES string of the molecule is O=C(O)c1cccc2ccn(CCc3ccc(Cl)cc3)c12. The Morgan fingerprint density at radius 1 is 1.10 bits per heavy atom. The predicted octanol–water partition coefficient (Wildman–Crippen LogP) is 4.24. The summed E-state index contributed by atoms with van der Waals surface area (Å²) >= 11 is 5.87. The number of carboxylic acid groups (broad SMARTS) is 1. The Hall–Kier alpha value is -2.26. The van der Waals surface area contributed by atoms with E-state index in [2.05, 4.69) is 0 Å². The van der Waals surface area contributed by atoms with Crippen LogP contribution in [0.2, 0.25) is 5.02 Å². The normalized spacial score (nSPS) is 10.9. The quantitative estimate of drug-likeness (QED) is 0.783. The van der Waals surface area contributed by atoms with Gasteiger partial charge in [-0.15, -0.1) is 0 Å². The minimum Gasteiger partial charge on any atom is -0.478 e. The molecule has 0 amide bonds. The molecule has 0 bridgehead atoms. The van der Waals surface area contributed by atoms with Gasteiger partial charge in [-0.25, -0.2) is 4.79 Å². The monoisotopic (exact) mass is 299 g/mol. The number of rotatable bonds is 4. The minimum absolute atomic E-state index is 0.341. The zero-order valence-electron chi connectivity index (χ0n) is 11.3. The molecule has 0 saturated heterocycles. The summed E-state index contributed by atoms with van der Waals surface area (Å²) in [4.78, 5) is 11.3. The van der Waals surface area contributed by atoms with E-state index < -0.39 is 5.97 Å². The van der Waals surface area contributed by atoms with E-state index in [1.807, 2.05) is 47.2 Å². The lowest BCUT2D eigenvalue weighted by Gasteiger charge is -2.08. The van der Waals surface area contributed by atoms with Crippen LogP contribution in [0.4, 0.5) is 0 Å². The summed E-state index contributed by atoms with van der Waals surface area (Å²) < 4.78 is 1.99. The van der Waals surface area contributed by atoms with E-state index >= 15 is 0 Å². The average molecular weight is 300 g/mol. The number of carbonyl (C=O) groups is 1. The van der Waals surface area contributed by atoms with Crippen LogP contribution in [0.3, 0.4) is 0 Å². The van der Waals surface area contributed by atoms with Crippen LogP contribution in [-0.2, 0) is 13.0 Å². The molecule has 0 aliphatic heterocycles. The number of halogens is 1. The maximum atomic E-state index is 11.3. The molecule has 0 aliphatic rings. The molecule has 3 aromatic rings. The molecular weight excluding hydrogens is 286 g/mol. The van der Waals surface area contributed by atoms with Crippen LogP contribution in [0.1, 0.15) is 15.9 Å². The molecule has 3 nitrogen and oxygen atoms in total. The number of para-hydroxylation sites is 1. The molecular formula is C17H14ClNO2. The number of carboxylic acids is 1. The van der Waals surface area contributed by atoms with E-state index in [1.54, 1.807) is 12.1 Å². The first-order chi connectivity index (χ1) is 10.1. The highest BCUT2D eigenvalue weighted by atomic mass is 35.5. The van der Waals surface area contributed by atoms with Gasteiger partial charge in [0.1, 0.15) is 0 Å². The minimum atomic E-state index is -0.896. The van der Waals surface area contributed by atoms with Crippen molar-refractivity contribution >= 4 is 28.5 Å². The van der Waals surface area contributed by atoms with E-state index in [0.29, 0.717) is 5.56 Å². The number of hydrogen-bond donors (Lipinski definition) is 1. The number of aryl methyl sites for hydroxylation is 2. The fourth-order valence-corrected chi connectivity index (χ4v) is 2.65. The van der Waals surface area contributed by atoms with Crippen LogP contribution in [0.5, 0.6) is 0 Å². The number of hydrogen-bond acceptors (Lipinski definition) is 1. The van der Waals surface area contributed by atoms with Crippen molar-refractivity contribution in [2.45, 2.75) is 13.0 Å². The number of nitrogens with zero attached hydrogens (tertiary/aromatic N) is 1. The van der Waals surface area contributed by atoms with Gasteiger partial charge in [0.05, 0.1) is 11.1 Å². The van der Waals surface area contributed by atoms with E-state index in [0.717, 1.165) is 28.9 Å². The van der Waals surface area contributed by atoms with Gasteiger partial charge in [0.15, 0.2) is 0 Å². The van der Waals surface area contributed by atoms with Crippen LogP contribution in [0, 0.1) is 0 Å². The molecule has 2 aromatic carbocycles. The van der Waals surface area contributed by atoms with Crippen LogP contribution in [-0.4, -0.2) is 15.6 Å². The first kappa shape index (κ1) is 13.7. The highest BCUT2D eigenvalue weighted by Gasteiger charge is 2.11. The van der Waals surface area contributed by atoms with Gasteiger partial charge < -0.3 is 9.67 Å². The molecule has 0 fully saturated rings. The van der Waals surface area contributed by atoms with Crippen molar-refractivity contribution in [2.24, 2.45) is 0 Å². The molecule has 0 radical (unpaired) electrons. The highest BCUT2D eigenvalue weighted by Crippen LogP contribution is 2.21. The molecule has 1 heterocycles. The standard InChI is InChI=1S/C17H14ClNO2/c18-14-6-4-12(5-7-14)8-10-19-11-9-13-2-1-3-15(16(13)19)17(20)21/h1-7,9,11H,8,10H2,(H,20,21). The Balaban J connectivity index is 1.90. The Morgan fingerprint density at radius 3 is 2.57 bits per heavy atom. The fraction of sp³-hybridized carbons (Fsp3) is 0.118. The summed E-state index contributed by atoms with van der Waals surface area (Å²) in [5, 5.41) is 11.0. The molecule has 0 unspecified atom stereocenters. The summed E-state index contributed by atoms with van der Waals surface area (Å²) in [6, 6.07) is 15.0. The number of benzene rings is 2. The van der Waals surface area contributed by atoms with Gasteiger partial charge in [0.25, 0.3) is 0 Å². The number of aromatic nitrogens is 1. The molecule has 0 spiro atoms. The van der Waals surface area contributed by atoms with E-state index in [-0.39, 0.29) is 0 Å². The van der Waals surface area contributed by atoms with Crippen LogP contribution >= 0.6 is 11.6 Å². The molecule has 106 valence electrons. The second-order valence-corrected chi connectivity index (χ2v) is 5.37. The van der Waals surface area contributed by atoms with Crippen LogP contribution in [0.15, 0.2) is 54.7 Å². The predicted molar refractivity (Wildman–Crippen MR) is 84.1 cm³/mol. The maximum absolute atomic E-state index is 11.3. The first-order valence-electron chi connectivity index (χ1n) is 6.71. The van der Waals surface area contributed by atoms with Gasteiger partial charge in [-0.3, -0.25) is 0 Å². The zero-order valence-corrected chi connectivity index (χ0v) is 12.0. The second-order valence-electron chi connectivity index (χ2n) is 4.93. The molecule has 0 aliphatic carbocycles. The van der Waals surface area contributed by atoms with Gasteiger partial charge in [-0.1, -0.05) is 35.9 Å². The lowest BCUT2D eigenvalue weighted by atomic mass is 10.1. The molecule has 3 rings (SSSR count). The van der Waals surface area contributed by atoms with E-state index in [1.165, 1.54) is 5.56 Å². The summed E-state index contributed by atoms with van der Waals surface area (Å²) in [5.74, 6) is -0.896. The highest BCUT2D eigenvalue weighted by molar-refractivity contribution is 6.30. The summed E-state index contributed by atoms with van der Waals surface area (Å²) in [5.41, 5.74) is 2.29. The fourth-order valence-electron chi connectivity index (χ4n) is 2.52. The van der Waals surface area contributed by atoms with Crippen molar-refractivity contribution in [3.8, 4) is 0 Å². The van der Waals surface area contributed by atoms with Crippen LogP contribution < -0.4 is 0 Å². The first-order valence-corrected chi connectivity index (χ1v) is 7.08. The third kappa shape index (κ3) is 2.78. The molecule has 1 N–H and O–H groups in total. The van der Waals surface area contributed by atoms with E-state index in [9.17, 15) is 9.90 Å². The number of fused-ring (bicyclic) bond motifs is 1. The third-order valence-electron chi connectivity index (χ3n) is 3.57. The van der Waals surface area contributed by atoms with Gasteiger partial charge in [-0.05, 0) is 36.2 Å². The van der Waals surface area contributed by atoms with Gasteiger partial charge >= 0.3 is 5.97 Å². The summed E-state index contributed by atoms with van der Waals surface area (Å²) in [6.07, 6.45) is 2.77. The summed E-state index contributed by atoms with van der Waals surface area (Å²) in [6.45, 7) is 0.732. The van der Waals surface area contributed by atoms with Crippen molar-refractivity contribution in [2.75, 3.05) is 0 Å². The third-order valence-corrected chi connectivity index (χ3v) is 3.83. The maximum Gasteiger partial charge on any atom is 0.337 e. The van der Waals surface area contributed by atoms with Crippen LogP contribution in [0.25, 0.3) is 10.9 Å². The Labute approximate surface area is 127 Å². The van der Waals surface area contributed by atoms with Crippen molar-refractivity contribution in [1.29, 1.82) is 0 Å². The topological polar surface area (TPSA) is 42.2 Å². The largest absolute Gasteiger partial charge is 0.478 e. The van der Waals surface area contributed by atoms with Crippen molar-refractivity contribution in [3.05, 3.63) is 70.9 Å². The number of aromatic carboxylic acids is 1. The zero-order chi connectivity index (χ0) is 14.8. The van der Waals surface area contributed by atoms with Crippen molar-refractivity contribution < 1.29 is 9.90 Å². The lowest BCUT2D eigenvalue weighted by molar-refractivity contribution is 0.0698. The molecule has 1 aromatic heterocycles.